The summed E-state index contributed by atoms with van der Waals surface area (Å²) >= 11 is 0. The molecule has 0 amide bonds. The van der Waals surface area contributed by atoms with Gasteiger partial charge in [0.2, 0.25) is 0 Å². The lowest BCUT2D eigenvalue weighted by Crippen LogP contribution is -2.62. The molecule has 2 nitrogen and oxygen atoms in total. The monoisotopic (exact) mass is 901 g/mol. The first kappa shape index (κ1) is 31.1. The van der Waals surface area contributed by atoms with Crippen LogP contribution in [0.15, 0.2) is 84.6 Å². The molecule has 4 fully saturated rings. The smallest absolute Gasteiger partial charge is 0.252 e. The van der Waals surface area contributed by atoms with E-state index in [4.69, 9.17) is 0 Å². The lowest BCUT2D eigenvalue weighted by molar-refractivity contribution is -0.00514. The third kappa shape index (κ3) is 6.60. The van der Waals surface area contributed by atoms with Crippen LogP contribution >= 0.6 is 0 Å². The van der Waals surface area contributed by atoms with E-state index in [0.29, 0.717) is 90.5 Å². The molecule has 0 unspecified atom stereocenters. The number of hydrogen-bond donors (Lipinski definition) is 0. The Morgan fingerprint density at radius 2 is 0.791 bits per heavy atom. The zero-order valence-corrected chi connectivity index (χ0v) is 42.8. The molecule has 13 rings (SSSR count). The van der Waals surface area contributed by atoms with Gasteiger partial charge in [-0.05, 0) is 224 Å². The molecule has 0 saturated heterocycles. The van der Waals surface area contributed by atoms with E-state index in [1.54, 1.807) is 9.80 Å². The van der Waals surface area contributed by atoms with Gasteiger partial charge < -0.3 is 9.80 Å². The SMILES string of the molecule is [2H]c1c([2H])c(C(C)(C)C)c([2H])c([2H])c1N1c2c([2H])c3c(c([2H])c2B2c4c([2H])c5c(c([2H])c4N(c4c([2H])c([2H])c(C(C)(C)C)c([2H])c4[2H])c4c([2H])c(C67CC8CC(CC(C8)C6)C7)c([2H])c1c42)C(C)(C)CCC5(C)C)C(C)(C)CCC3(C)C. The Bertz CT molecular complexity index is 3390. The Hall–Kier alpha value is -4.24. The minimum Gasteiger partial charge on any atom is -0.311 e. The van der Waals surface area contributed by atoms with Crippen molar-refractivity contribution in [2.24, 2.45) is 17.8 Å². The lowest BCUT2D eigenvalue weighted by Gasteiger charge is -2.57. The first-order valence-electron chi connectivity index (χ1n) is 32.6. The van der Waals surface area contributed by atoms with Crippen molar-refractivity contribution in [1.82, 2.24) is 0 Å². The normalized spacial score (nSPS) is 29.6. The van der Waals surface area contributed by atoms with Gasteiger partial charge in [-0.15, -0.1) is 0 Å². The van der Waals surface area contributed by atoms with Crippen LogP contribution in [0.2, 0.25) is 0 Å². The van der Waals surface area contributed by atoms with Crippen molar-refractivity contribution >= 4 is 57.2 Å². The molecule has 0 atom stereocenters. The zero-order chi connectivity index (χ0) is 59.4. The molecular formula is C64H79BN2. The summed E-state index contributed by atoms with van der Waals surface area (Å²) < 4.78 is 146. The van der Waals surface area contributed by atoms with Gasteiger partial charge in [0, 0.05) is 34.1 Å². The Balaban J connectivity index is 1.39. The van der Waals surface area contributed by atoms with Gasteiger partial charge in [0.25, 0.3) is 6.71 Å². The first-order valence-corrected chi connectivity index (χ1v) is 25.6. The number of anilines is 6. The van der Waals surface area contributed by atoms with Gasteiger partial charge in [0.1, 0.15) is 0 Å². The Morgan fingerprint density at radius 3 is 1.12 bits per heavy atom. The molecule has 5 aromatic rings. The molecule has 0 N–H and O–H groups in total. The topological polar surface area (TPSA) is 6.48 Å². The first-order chi connectivity index (χ1) is 37.3. The largest absolute Gasteiger partial charge is 0.311 e. The predicted octanol–water partition coefficient (Wildman–Crippen LogP) is 15.5. The molecule has 4 bridgehead atoms. The highest BCUT2D eigenvalue weighted by Crippen LogP contribution is 2.62. The highest BCUT2D eigenvalue weighted by molar-refractivity contribution is 7.00. The quantitative estimate of drug-likeness (QED) is 0.163. The summed E-state index contributed by atoms with van der Waals surface area (Å²) in [6.07, 6.45) is 7.93. The maximum atomic E-state index is 11.2. The van der Waals surface area contributed by atoms with E-state index >= 15 is 0 Å². The van der Waals surface area contributed by atoms with Crippen LogP contribution in [0.1, 0.15) is 219 Å². The molecule has 6 aliphatic carbocycles. The van der Waals surface area contributed by atoms with Gasteiger partial charge in [0.15, 0.2) is 0 Å². The number of benzene rings is 5. The van der Waals surface area contributed by atoms with E-state index in [2.05, 4.69) is 55.4 Å². The molecule has 0 aromatic heterocycles. The summed E-state index contributed by atoms with van der Waals surface area (Å²) in [5, 5.41) is 0. The van der Waals surface area contributed by atoms with Crippen LogP contribution in [0.25, 0.3) is 0 Å². The number of hydrogen-bond acceptors (Lipinski definition) is 2. The standard InChI is InChI=1S/C64H79BN2/c1-58(2,3)42-15-19-45(20-16-42)66-53-34-49-47(60(7,8)23-25-62(49,11)12)32-51(53)65-52-33-48-50(63(13,14)26-24-61(48,9)10)35-54(52)67(46-21-17-43(18-22-46)59(4,5)6)56-31-44(30-55(66)57(56)65)64-36-39-27-40(37-64)29-41(28-39)38-64/h15-22,30-35,39-41H,23-29,36-38H2,1-14H3/i15D,16D,17D,18D,19D,20D,21D,22D,30D,31D,32D,33D,34D,35D. The molecule has 348 valence electrons. The van der Waals surface area contributed by atoms with Gasteiger partial charge in [0.05, 0.1) is 19.2 Å². The van der Waals surface area contributed by atoms with Crippen LogP contribution in [-0.2, 0) is 37.9 Å². The molecule has 2 aliphatic heterocycles. The molecule has 5 aromatic carbocycles. The second kappa shape index (κ2) is 14.0. The Morgan fingerprint density at radius 1 is 0.463 bits per heavy atom. The van der Waals surface area contributed by atoms with E-state index in [1.165, 1.54) is 0 Å². The third-order valence-electron chi connectivity index (χ3n) is 18.0. The summed E-state index contributed by atoms with van der Waals surface area (Å²) in [4.78, 5) is 3.14. The fourth-order valence-corrected chi connectivity index (χ4v) is 14.1. The van der Waals surface area contributed by atoms with Gasteiger partial charge in [-0.1, -0.05) is 133 Å². The van der Waals surface area contributed by atoms with Crippen molar-refractivity contribution in [3.63, 3.8) is 0 Å². The second-order valence-corrected chi connectivity index (χ2v) is 27.0. The molecule has 3 heteroatoms. The lowest BCUT2D eigenvalue weighted by atomic mass is 9.32. The minimum absolute atomic E-state index is 0.0156. The van der Waals surface area contributed by atoms with Gasteiger partial charge in [-0.3, -0.25) is 0 Å². The zero-order valence-electron chi connectivity index (χ0n) is 56.8. The van der Waals surface area contributed by atoms with Crippen LogP contribution in [0.3, 0.4) is 0 Å². The van der Waals surface area contributed by atoms with Crippen molar-refractivity contribution < 1.29 is 19.2 Å². The summed E-state index contributed by atoms with van der Waals surface area (Å²) in [5.41, 5.74) is -1.10. The highest BCUT2D eigenvalue weighted by Gasteiger charge is 2.54. The molecular weight excluding hydrogens is 808 g/mol. The molecule has 0 radical (unpaired) electrons. The van der Waals surface area contributed by atoms with E-state index < -0.39 is 68.8 Å². The van der Waals surface area contributed by atoms with Crippen LogP contribution in [-0.4, -0.2) is 6.71 Å². The molecule has 2 heterocycles. The molecule has 8 aliphatic rings. The summed E-state index contributed by atoms with van der Waals surface area (Å²) in [5.74, 6) is 0.992. The van der Waals surface area contributed by atoms with Crippen molar-refractivity contribution in [3.05, 3.63) is 124 Å². The third-order valence-corrected chi connectivity index (χ3v) is 18.0. The second-order valence-electron chi connectivity index (χ2n) is 27.0. The van der Waals surface area contributed by atoms with Crippen molar-refractivity contribution in [2.45, 2.75) is 199 Å². The van der Waals surface area contributed by atoms with Crippen LogP contribution < -0.4 is 26.2 Å². The van der Waals surface area contributed by atoms with Gasteiger partial charge >= 0.3 is 0 Å². The van der Waals surface area contributed by atoms with Gasteiger partial charge in [-0.25, -0.2) is 0 Å². The summed E-state index contributed by atoms with van der Waals surface area (Å²) in [6.45, 7) is 26.5. The fourth-order valence-electron chi connectivity index (χ4n) is 14.1. The van der Waals surface area contributed by atoms with E-state index in [-0.39, 0.29) is 122 Å². The number of rotatable bonds is 3. The molecule has 0 spiro atoms. The van der Waals surface area contributed by atoms with Crippen LogP contribution in [0.5, 0.6) is 0 Å². The van der Waals surface area contributed by atoms with Crippen LogP contribution in [0, 0.1) is 17.8 Å². The van der Waals surface area contributed by atoms with Gasteiger partial charge in [-0.2, -0.15) is 0 Å². The average Bonchev–Trinajstić information content (AvgIpc) is 3.47. The average molecular weight is 901 g/mol. The van der Waals surface area contributed by atoms with Crippen molar-refractivity contribution in [1.29, 1.82) is 0 Å². The Labute approximate surface area is 425 Å². The predicted molar refractivity (Wildman–Crippen MR) is 288 cm³/mol. The highest BCUT2D eigenvalue weighted by atomic mass is 15.2. The maximum Gasteiger partial charge on any atom is 0.252 e. The molecule has 67 heavy (non-hydrogen) atoms. The fraction of sp³-hybridized carbons (Fsp3) is 0.531. The number of fused-ring (bicyclic) bond motifs is 6. The Kier molecular flexibility index (Phi) is 6.48. The van der Waals surface area contributed by atoms with Crippen molar-refractivity contribution in [3.8, 4) is 0 Å². The summed E-state index contributed by atoms with van der Waals surface area (Å²) in [7, 11) is 0. The van der Waals surface area contributed by atoms with E-state index in [1.807, 2.05) is 41.5 Å². The van der Waals surface area contributed by atoms with Crippen molar-refractivity contribution in [2.75, 3.05) is 9.80 Å². The maximum absolute atomic E-state index is 11.2. The molecule has 4 saturated carbocycles. The number of nitrogens with zero attached hydrogens (tertiary/aromatic N) is 2. The van der Waals surface area contributed by atoms with Crippen LogP contribution in [0.4, 0.5) is 34.1 Å². The summed E-state index contributed by atoms with van der Waals surface area (Å²) in [6, 6.07) is -2.70. The van der Waals surface area contributed by atoms with E-state index in [9.17, 15) is 19.2 Å². The minimum atomic E-state index is -1.25. The van der Waals surface area contributed by atoms with E-state index in [0.717, 1.165) is 19.3 Å².